The van der Waals surface area contributed by atoms with Crippen LogP contribution in [-0.2, 0) is 12.8 Å². The molecule has 3 heteroatoms. The van der Waals surface area contributed by atoms with E-state index in [9.17, 15) is 0 Å². The molecule has 0 aliphatic carbocycles. The monoisotopic (exact) mass is 193 g/mol. The number of aryl methyl sites for hydroxylation is 2. The summed E-state index contributed by atoms with van der Waals surface area (Å²) in [6.07, 6.45) is 7.00. The van der Waals surface area contributed by atoms with Gasteiger partial charge in [0.1, 0.15) is 5.82 Å². The Morgan fingerprint density at radius 2 is 2.50 bits per heavy atom. The van der Waals surface area contributed by atoms with Gasteiger partial charge in [0.2, 0.25) is 0 Å². The van der Waals surface area contributed by atoms with Crippen LogP contribution in [0.1, 0.15) is 37.3 Å². The molecule has 0 amide bonds. The van der Waals surface area contributed by atoms with Crippen molar-refractivity contribution in [2.75, 3.05) is 13.6 Å². The molecule has 1 aliphatic heterocycles. The third-order valence-electron chi connectivity index (χ3n) is 2.99. The Hall–Kier alpha value is -0.830. The van der Waals surface area contributed by atoms with E-state index in [2.05, 4.69) is 28.0 Å². The van der Waals surface area contributed by atoms with E-state index in [1.54, 1.807) is 0 Å². The molecule has 0 saturated heterocycles. The summed E-state index contributed by atoms with van der Waals surface area (Å²) in [7, 11) is 2.02. The van der Waals surface area contributed by atoms with E-state index in [4.69, 9.17) is 0 Å². The zero-order chi connectivity index (χ0) is 9.97. The average Bonchev–Trinajstić information content (AvgIpc) is 2.62. The quantitative estimate of drug-likeness (QED) is 0.789. The highest BCUT2D eigenvalue weighted by molar-refractivity contribution is 5.08. The standard InChI is InChI=1S/C11H19N3/c1-3-9-8-14-10(7-12-2)5-4-6-11(14)13-9/h8,10,12H,3-7H2,1-2H3. The van der Waals surface area contributed by atoms with Gasteiger partial charge in [0, 0.05) is 25.2 Å². The number of imidazole rings is 1. The van der Waals surface area contributed by atoms with E-state index in [-0.39, 0.29) is 0 Å². The Balaban J connectivity index is 2.24. The normalized spacial score (nSPS) is 20.9. The van der Waals surface area contributed by atoms with E-state index in [0.717, 1.165) is 19.4 Å². The predicted molar refractivity (Wildman–Crippen MR) is 57.5 cm³/mol. The first-order valence-corrected chi connectivity index (χ1v) is 5.56. The molecule has 2 heterocycles. The maximum absolute atomic E-state index is 4.64. The molecule has 0 fully saturated rings. The van der Waals surface area contributed by atoms with E-state index < -0.39 is 0 Å². The summed E-state index contributed by atoms with van der Waals surface area (Å²) in [5.41, 5.74) is 1.24. The van der Waals surface area contributed by atoms with Crippen molar-refractivity contribution >= 4 is 0 Å². The van der Waals surface area contributed by atoms with Gasteiger partial charge in [0.25, 0.3) is 0 Å². The van der Waals surface area contributed by atoms with Crippen molar-refractivity contribution in [1.82, 2.24) is 14.9 Å². The van der Waals surface area contributed by atoms with E-state index >= 15 is 0 Å². The fourth-order valence-corrected chi connectivity index (χ4v) is 2.23. The van der Waals surface area contributed by atoms with Gasteiger partial charge >= 0.3 is 0 Å². The van der Waals surface area contributed by atoms with Crippen molar-refractivity contribution in [1.29, 1.82) is 0 Å². The molecule has 2 rings (SSSR count). The van der Waals surface area contributed by atoms with Crippen LogP contribution in [0.4, 0.5) is 0 Å². The molecule has 0 spiro atoms. The predicted octanol–water partition coefficient (Wildman–Crippen LogP) is 1.54. The van der Waals surface area contributed by atoms with Gasteiger partial charge in [-0.2, -0.15) is 0 Å². The molecular formula is C11H19N3. The lowest BCUT2D eigenvalue weighted by molar-refractivity contribution is 0.385. The van der Waals surface area contributed by atoms with Gasteiger partial charge in [0.05, 0.1) is 5.69 Å². The van der Waals surface area contributed by atoms with Crippen LogP contribution < -0.4 is 5.32 Å². The van der Waals surface area contributed by atoms with Gasteiger partial charge in [0.15, 0.2) is 0 Å². The first-order valence-electron chi connectivity index (χ1n) is 5.56. The van der Waals surface area contributed by atoms with Crippen molar-refractivity contribution in [2.24, 2.45) is 0 Å². The fourth-order valence-electron chi connectivity index (χ4n) is 2.23. The summed E-state index contributed by atoms with van der Waals surface area (Å²) >= 11 is 0. The Labute approximate surface area is 85.5 Å². The first-order chi connectivity index (χ1) is 6.85. The number of hydrogen-bond acceptors (Lipinski definition) is 2. The van der Waals surface area contributed by atoms with Crippen molar-refractivity contribution in [2.45, 2.75) is 38.6 Å². The highest BCUT2D eigenvalue weighted by Crippen LogP contribution is 2.24. The SMILES string of the molecule is CCc1cn2c(n1)CCCC2CNC. The number of hydrogen-bond donors (Lipinski definition) is 1. The summed E-state index contributed by atoms with van der Waals surface area (Å²) < 4.78 is 2.37. The molecule has 1 N–H and O–H groups in total. The molecule has 0 bridgehead atoms. The molecule has 1 aliphatic rings. The van der Waals surface area contributed by atoms with Crippen LogP contribution >= 0.6 is 0 Å². The minimum absolute atomic E-state index is 0.622. The van der Waals surface area contributed by atoms with Crippen LogP contribution in [0.5, 0.6) is 0 Å². The number of likely N-dealkylation sites (N-methyl/N-ethyl adjacent to an activating group) is 1. The second-order valence-electron chi connectivity index (χ2n) is 4.01. The second-order valence-corrected chi connectivity index (χ2v) is 4.01. The van der Waals surface area contributed by atoms with Gasteiger partial charge < -0.3 is 9.88 Å². The molecule has 1 unspecified atom stereocenters. The van der Waals surface area contributed by atoms with Crippen molar-refractivity contribution in [3.63, 3.8) is 0 Å². The molecular weight excluding hydrogens is 174 g/mol. The zero-order valence-electron chi connectivity index (χ0n) is 9.08. The van der Waals surface area contributed by atoms with Gasteiger partial charge in [-0.25, -0.2) is 4.98 Å². The molecule has 1 atom stereocenters. The van der Waals surface area contributed by atoms with Gasteiger partial charge in [-0.3, -0.25) is 0 Å². The Morgan fingerprint density at radius 3 is 3.21 bits per heavy atom. The molecule has 0 aromatic carbocycles. The minimum atomic E-state index is 0.622. The first kappa shape index (κ1) is 9.71. The van der Waals surface area contributed by atoms with Crippen molar-refractivity contribution in [3.8, 4) is 0 Å². The number of nitrogens with zero attached hydrogens (tertiary/aromatic N) is 2. The van der Waals surface area contributed by atoms with E-state index in [0.29, 0.717) is 6.04 Å². The van der Waals surface area contributed by atoms with Gasteiger partial charge in [-0.05, 0) is 26.3 Å². The zero-order valence-corrected chi connectivity index (χ0v) is 9.08. The van der Waals surface area contributed by atoms with Crippen LogP contribution in [0.25, 0.3) is 0 Å². The van der Waals surface area contributed by atoms with E-state index in [1.165, 1.54) is 24.4 Å². The summed E-state index contributed by atoms with van der Waals surface area (Å²) in [6, 6.07) is 0.622. The van der Waals surface area contributed by atoms with Gasteiger partial charge in [-0.1, -0.05) is 6.92 Å². The Morgan fingerprint density at radius 1 is 1.64 bits per heavy atom. The van der Waals surface area contributed by atoms with Crippen molar-refractivity contribution < 1.29 is 0 Å². The molecule has 1 aromatic heterocycles. The topological polar surface area (TPSA) is 29.9 Å². The number of rotatable bonds is 3. The Bertz CT molecular complexity index is 303. The second kappa shape index (κ2) is 4.13. The number of aromatic nitrogens is 2. The summed E-state index contributed by atoms with van der Waals surface area (Å²) in [5.74, 6) is 1.29. The van der Waals surface area contributed by atoms with E-state index in [1.807, 2.05) is 7.05 Å². The fraction of sp³-hybridized carbons (Fsp3) is 0.727. The van der Waals surface area contributed by atoms with Crippen LogP contribution in [0.15, 0.2) is 6.20 Å². The van der Waals surface area contributed by atoms with Crippen LogP contribution in [0.2, 0.25) is 0 Å². The van der Waals surface area contributed by atoms with Crippen molar-refractivity contribution in [3.05, 3.63) is 17.7 Å². The minimum Gasteiger partial charge on any atom is -0.330 e. The summed E-state index contributed by atoms with van der Waals surface area (Å²) in [4.78, 5) is 4.64. The third-order valence-corrected chi connectivity index (χ3v) is 2.99. The van der Waals surface area contributed by atoms with Crippen LogP contribution in [0.3, 0.4) is 0 Å². The van der Waals surface area contributed by atoms with Crippen LogP contribution in [0, 0.1) is 0 Å². The van der Waals surface area contributed by atoms with Crippen LogP contribution in [-0.4, -0.2) is 23.1 Å². The lowest BCUT2D eigenvalue weighted by Crippen LogP contribution is -2.26. The molecule has 0 saturated carbocycles. The lowest BCUT2D eigenvalue weighted by atomic mass is 10.0. The number of nitrogens with one attached hydrogen (secondary N) is 1. The molecule has 78 valence electrons. The third kappa shape index (κ3) is 1.69. The maximum atomic E-state index is 4.64. The summed E-state index contributed by atoms with van der Waals surface area (Å²) in [6.45, 7) is 3.23. The molecule has 3 nitrogen and oxygen atoms in total. The largest absolute Gasteiger partial charge is 0.330 e. The Kier molecular flexibility index (Phi) is 2.87. The smallest absolute Gasteiger partial charge is 0.109 e. The molecule has 0 radical (unpaired) electrons. The van der Waals surface area contributed by atoms with Gasteiger partial charge in [-0.15, -0.1) is 0 Å². The lowest BCUT2D eigenvalue weighted by Gasteiger charge is -2.24. The highest BCUT2D eigenvalue weighted by atomic mass is 15.1. The highest BCUT2D eigenvalue weighted by Gasteiger charge is 2.20. The maximum Gasteiger partial charge on any atom is 0.109 e. The summed E-state index contributed by atoms with van der Waals surface area (Å²) in [5, 5.41) is 3.26. The molecule has 1 aromatic rings. The molecule has 14 heavy (non-hydrogen) atoms. The number of fused-ring (bicyclic) bond motifs is 1. The average molecular weight is 193 g/mol.